The molecule has 1 rings (SSSR count). The molecule has 0 atom stereocenters. The Kier molecular flexibility index (Phi) is 2.83. The third-order valence-electron chi connectivity index (χ3n) is 1.54. The number of quaternary nitrogens is 1. The molecule has 5 nitrogen and oxygen atoms in total. The maximum atomic E-state index is 11.1. The lowest BCUT2D eigenvalue weighted by molar-refractivity contribution is -0.430. The van der Waals surface area contributed by atoms with E-state index < -0.39 is 10.2 Å². The minimum atomic E-state index is -3.20. The fourth-order valence-electron chi connectivity index (χ4n) is 0.906. The predicted molar refractivity (Wildman–Crippen MR) is 38.6 cm³/mol. The van der Waals surface area contributed by atoms with E-state index in [1.807, 2.05) is 0 Å². The van der Waals surface area contributed by atoms with Gasteiger partial charge in [-0.2, -0.15) is 12.7 Å². The largest absolute Gasteiger partial charge is 0.379 e. The third kappa shape index (κ3) is 2.13. The van der Waals surface area contributed by atoms with Crippen molar-refractivity contribution in [1.82, 2.24) is 4.31 Å². The molecule has 0 unspecified atom stereocenters. The Morgan fingerprint density at radius 2 is 1.91 bits per heavy atom. The highest BCUT2D eigenvalue weighted by atomic mass is 32.2. The summed E-state index contributed by atoms with van der Waals surface area (Å²) in [5.41, 5.74) is 0. The summed E-state index contributed by atoms with van der Waals surface area (Å²) in [7, 11) is 0.0331. The first-order valence-corrected chi connectivity index (χ1v) is 4.87. The van der Waals surface area contributed by atoms with Crippen LogP contribution in [0.15, 0.2) is 0 Å². The van der Waals surface area contributed by atoms with Crippen molar-refractivity contribution in [2.45, 2.75) is 0 Å². The first-order valence-electron chi connectivity index (χ1n) is 3.37. The van der Waals surface area contributed by atoms with E-state index in [0.29, 0.717) is 26.3 Å². The zero-order valence-corrected chi connectivity index (χ0v) is 7.01. The highest BCUT2D eigenvalue weighted by molar-refractivity contribution is 7.82. The van der Waals surface area contributed by atoms with Crippen LogP contribution >= 0.6 is 0 Å². The number of morpholine rings is 1. The third-order valence-corrected chi connectivity index (χ3v) is 3.05. The van der Waals surface area contributed by atoms with E-state index in [1.54, 1.807) is 0 Å². The van der Waals surface area contributed by atoms with Gasteiger partial charge in [0, 0.05) is 13.1 Å². The number of nitrogens with zero attached hydrogens (tertiary/aromatic N) is 1. The van der Waals surface area contributed by atoms with Gasteiger partial charge in [0.25, 0.3) is 0 Å². The molecule has 1 fully saturated rings. The average molecular weight is 180 g/mol. The van der Waals surface area contributed by atoms with E-state index in [-0.39, 0.29) is 0 Å². The number of hydrogen-bond acceptors (Lipinski definition) is 3. The molecule has 0 saturated carbocycles. The average Bonchev–Trinajstić information content (AvgIpc) is 2.06. The molecule has 0 aromatic carbocycles. The molecule has 1 aliphatic heterocycles. The summed E-state index contributed by atoms with van der Waals surface area (Å²) in [5.74, 6) is 0. The summed E-state index contributed by atoms with van der Waals surface area (Å²) in [4.78, 5) is 0. The zero-order chi connectivity index (χ0) is 8.32. The minimum Gasteiger partial charge on any atom is -0.379 e. The second-order valence-electron chi connectivity index (χ2n) is 2.22. The summed E-state index contributed by atoms with van der Waals surface area (Å²) in [6.07, 6.45) is 0. The van der Waals surface area contributed by atoms with E-state index in [1.165, 1.54) is 4.31 Å². The molecule has 0 spiro atoms. The standard InChI is InChI=1S/C5H12N2O3S/c1-6-11(8,9)7-2-4-10-5-3-7/h1-6H2. The summed E-state index contributed by atoms with van der Waals surface area (Å²) in [6, 6.07) is 0. The molecule has 0 amide bonds. The van der Waals surface area contributed by atoms with Crippen molar-refractivity contribution in [3.05, 3.63) is 7.05 Å². The topological polar surface area (TPSA) is 63.2 Å². The van der Waals surface area contributed by atoms with Crippen molar-refractivity contribution < 1.29 is 17.9 Å². The van der Waals surface area contributed by atoms with Gasteiger partial charge >= 0.3 is 10.2 Å². The van der Waals surface area contributed by atoms with Gasteiger partial charge in [0.15, 0.2) is 0 Å². The normalized spacial score (nSPS) is 21.9. The van der Waals surface area contributed by atoms with Gasteiger partial charge in [-0.3, -0.25) is 0 Å². The molecule has 1 heterocycles. The van der Waals surface area contributed by atoms with Crippen molar-refractivity contribution in [3.8, 4) is 0 Å². The predicted octanol–water partition coefficient (Wildman–Crippen LogP) is -2.08. The number of nitrogens with two attached hydrogens (primary N) is 1. The molecule has 0 aliphatic carbocycles. The Morgan fingerprint density at radius 1 is 1.36 bits per heavy atom. The van der Waals surface area contributed by atoms with Crippen molar-refractivity contribution in [2.75, 3.05) is 26.3 Å². The van der Waals surface area contributed by atoms with Gasteiger partial charge in [-0.05, 0) is 0 Å². The van der Waals surface area contributed by atoms with Gasteiger partial charge in [-0.1, -0.05) is 0 Å². The highest BCUT2D eigenvalue weighted by Gasteiger charge is 2.23. The molecular formula is C5H12N2O3S. The van der Waals surface area contributed by atoms with Gasteiger partial charge < -0.3 is 9.46 Å². The second-order valence-corrected chi connectivity index (χ2v) is 4.10. The Morgan fingerprint density at radius 3 is 2.36 bits per heavy atom. The van der Waals surface area contributed by atoms with Crippen LogP contribution in [0.5, 0.6) is 0 Å². The zero-order valence-electron chi connectivity index (χ0n) is 6.19. The Bertz CT molecular complexity index is 208. The van der Waals surface area contributed by atoms with E-state index in [9.17, 15) is 8.42 Å². The molecule has 0 radical (unpaired) electrons. The first-order chi connectivity index (χ1) is 5.17. The van der Waals surface area contributed by atoms with Crippen LogP contribution in [0.1, 0.15) is 0 Å². The van der Waals surface area contributed by atoms with E-state index in [2.05, 4.69) is 7.05 Å². The van der Waals surface area contributed by atoms with Crippen LogP contribution in [-0.2, 0) is 14.9 Å². The van der Waals surface area contributed by atoms with Crippen LogP contribution in [0, 0.1) is 7.05 Å². The summed E-state index contributed by atoms with van der Waals surface area (Å²) < 4.78 is 29.5. The lowest BCUT2D eigenvalue weighted by atomic mass is 10.5. The lowest BCUT2D eigenvalue weighted by Crippen LogP contribution is -2.84. The quantitative estimate of drug-likeness (QED) is 0.496. The smallest absolute Gasteiger partial charge is 0.344 e. The summed E-state index contributed by atoms with van der Waals surface area (Å²) >= 11 is 0. The van der Waals surface area contributed by atoms with Crippen LogP contribution in [0.4, 0.5) is 0 Å². The van der Waals surface area contributed by atoms with Gasteiger partial charge in [0.1, 0.15) is 0 Å². The fraction of sp³-hybridized carbons (Fsp3) is 0.800. The minimum absolute atomic E-state index is 0.439. The SMILES string of the molecule is [CH2-][NH2+]S(=O)(=O)N1CCOCC1. The maximum Gasteiger partial charge on any atom is 0.344 e. The van der Waals surface area contributed by atoms with E-state index >= 15 is 0 Å². The number of rotatable bonds is 2. The van der Waals surface area contributed by atoms with Crippen LogP contribution in [0.25, 0.3) is 0 Å². The fourth-order valence-corrected chi connectivity index (χ4v) is 1.78. The molecule has 6 heteroatoms. The van der Waals surface area contributed by atoms with Crippen LogP contribution in [0.3, 0.4) is 0 Å². The van der Waals surface area contributed by atoms with Crippen molar-refractivity contribution in [2.24, 2.45) is 0 Å². The van der Waals surface area contributed by atoms with Gasteiger partial charge in [-0.15, -0.1) is 7.05 Å². The molecule has 2 N–H and O–H groups in total. The molecule has 0 aromatic rings. The number of hydrogen-bond donors (Lipinski definition) is 1. The van der Waals surface area contributed by atoms with Gasteiger partial charge in [0.2, 0.25) is 0 Å². The molecule has 11 heavy (non-hydrogen) atoms. The first kappa shape index (κ1) is 8.92. The Hall–Kier alpha value is -0.170. The molecule has 1 saturated heterocycles. The number of ether oxygens (including phenoxy) is 1. The summed E-state index contributed by atoms with van der Waals surface area (Å²) in [5, 5.41) is 0. The van der Waals surface area contributed by atoms with Crippen molar-refractivity contribution in [3.63, 3.8) is 0 Å². The monoisotopic (exact) mass is 180 g/mol. The van der Waals surface area contributed by atoms with Crippen LogP contribution in [-0.4, -0.2) is 39.0 Å². The van der Waals surface area contributed by atoms with E-state index in [4.69, 9.17) is 4.74 Å². The molecule has 1 aliphatic rings. The second kappa shape index (κ2) is 3.48. The van der Waals surface area contributed by atoms with Crippen LogP contribution in [0.2, 0.25) is 0 Å². The van der Waals surface area contributed by atoms with Crippen molar-refractivity contribution >= 4 is 10.2 Å². The molecule has 0 aromatic heterocycles. The summed E-state index contributed by atoms with van der Waals surface area (Å²) in [6.45, 7) is 1.84. The highest BCUT2D eigenvalue weighted by Crippen LogP contribution is 1.98. The van der Waals surface area contributed by atoms with Gasteiger partial charge in [0.05, 0.1) is 13.2 Å². The van der Waals surface area contributed by atoms with Crippen molar-refractivity contribution in [1.29, 1.82) is 0 Å². The maximum absolute atomic E-state index is 11.1. The van der Waals surface area contributed by atoms with Gasteiger partial charge in [-0.25, -0.2) is 0 Å². The Labute approximate surface area is 66.5 Å². The lowest BCUT2D eigenvalue weighted by Gasteiger charge is -2.24. The van der Waals surface area contributed by atoms with E-state index in [0.717, 1.165) is 4.72 Å². The Balaban J connectivity index is 2.58. The molecule has 0 bridgehead atoms. The molecular weight excluding hydrogens is 168 g/mol. The molecule has 66 valence electrons. The van der Waals surface area contributed by atoms with Crippen LogP contribution < -0.4 is 4.72 Å².